The predicted molar refractivity (Wildman–Crippen MR) is 61.0 cm³/mol. The van der Waals surface area contributed by atoms with E-state index >= 15 is 0 Å². The van der Waals surface area contributed by atoms with Crippen molar-refractivity contribution in [2.24, 2.45) is 0 Å². The van der Waals surface area contributed by atoms with Crippen molar-refractivity contribution in [3.8, 4) is 0 Å². The molecule has 0 aliphatic heterocycles. The van der Waals surface area contributed by atoms with Crippen molar-refractivity contribution < 1.29 is 19.1 Å². The molecule has 17 heavy (non-hydrogen) atoms. The molecule has 0 heterocycles. The molecule has 0 unspecified atom stereocenters. The highest BCUT2D eigenvalue weighted by Gasteiger charge is 2.14. The van der Waals surface area contributed by atoms with E-state index in [1.807, 2.05) is 0 Å². The zero-order valence-electron chi connectivity index (χ0n) is 8.47. The summed E-state index contributed by atoms with van der Waals surface area (Å²) in [5.41, 5.74) is -0.0843. The monoisotopic (exact) mass is 279 g/mol. The molecule has 0 spiro atoms. The highest BCUT2D eigenvalue weighted by Crippen LogP contribution is 2.24. The van der Waals surface area contributed by atoms with Crippen molar-refractivity contribution in [2.75, 3.05) is 6.54 Å². The third kappa shape index (κ3) is 3.87. The molecule has 2 N–H and O–H groups in total. The van der Waals surface area contributed by atoms with E-state index in [0.29, 0.717) is 0 Å². The summed E-state index contributed by atoms with van der Waals surface area (Å²) < 4.78 is 13.1. The number of aliphatic carboxylic acids is 1. The number of amides is 1. The molecule has 4 nitrogen and oxygen atoms in total. The average Bonchev–Trinajstić information content (AvgIpc) is 2.22. The first kappa shape index (κ1) is 13.7. The van der Waals surface area contributed by atoms with Gasteiger partial charge in [-0.1, -0.05) is 23.2 Å². The molecule has 92 valence electrons. The molecule has 0 aliphatic carbocycles. The molecule has 0 radical (unpaired) electrons. The second kappa shape index (κ2) is 5.84. The van der Waals surface area contributed by atoms with Crippen LogP contribution in [0.15, 0.2) is 12.1 Å². The van der Waals surface area contributed by atoms with Crippen LogP contribution in [-0.2, 0) is 4.79 Å². The second-order valence-electron chi connectivity index (χ2n) is 3.15. The Hall–Kier alpha value is -1.33. The van der Waals surface area contributed by atoms with Gasteiger partial charge in [-0.15, -0.1) is 0 Å². The molecule has 1 aromatic rings. The van der Waals surface area contributed by atoms with Crippen LogP contribution in [0.2, 0.25) is 10.0 Å². The van der Waals surface area contributed by atoms with E-state index in [4.69, 9.17) is 28.3 Å². The maximum Gasteiger partial charge on any atom is 0.305 e. The first-order valence-electron chi connectivity index (χ1n) is 4.56. The van der Waals surface area contributed by atoms with Gasteiger partial charge in [0.15, 0.2) is 0 Å². The van der Waals surface area contributed by atoms with Gasteiger partial charge in [-0.2, -0.15) is 0 Å². The molecule has 0 fully saturated rings. The fourth-order valence-electron chi connectivity index (χ4n) is 1.07. The zero-order chi connectivity index (χ0) is 13.0. The standard InChI is InChI=1S/C10H8Cl2FNO3/c11-6-4-7(12)8(13)3-5(6)10(17)14-2-1-9(15)16/h3-4H,1-2H2,(H,14,17)(H,15,16). The third-order valence-electron chi connectivity index (χ3n) is 1.88. The third-order valence-corrected chi connectivity index (χ3v) is 2.48. The molecule has 0 saturated carbocycles. The Balaban J connectivity index is 2.75. The molecule has 0 atom stereocenters. The number of carbonyl (C=O) groups is 2. The van der Waals surface area contributed by atoms with Crippen LogP contribution in [0, 0.1) is 5.82 Å². The van der Waals surface area contributed by atoms with Gasteiger partial charge >= 0.3 is 5.97 Å². The molecule has 0 bridgehead atoms. The fraction of sp³-hybridized carbons (Fsp3) is 0.200. The van der Waals surface area contributed by atoms with Crippen LogP contribution in [0.25, 0.3) is 0 Å². The van der Waals surface area contributed by atoms with Crippen LogP contribution in [0.1, 0.15) is 16.8 Å². The number of carboxylic acid groups (broad SMARTS) is 1. The summed E-state index contributed by atoms with van der Waals surface area (Å²) in [6.45, 7) is -0.0608. The maximum absolute atomic E-state index is 13.1. The van der Waals surface area contributed by atoms with E-state index in [0.717, 1.165) is 12.1 Å². The van der Waals surface area contributed by atoms with Crippen molar-refractivity contribution in [3.05, 3.63) is 33.6 Å². The van der Waals surface area contributed by atoms with Crippen molar-refractivity contribution >= 4 is 35.1 Å². The summed E-state index contributed by atoms with van der Waals surface area (Å²) in [6.07, 6.45) is -0.223. The maximum atomic E-state index is 13.1. The Bertz CT molecular complexity index is 465. The molecule has 1 aromatic carbocycles. The summed E-state index contributed by atoms with van der Waals surface area (Å²) in [6, 6.07) is 2.02. The number of rotatable bonds is 4. The van der Waals surface area contributed by atoms with Gasteiger partial charge in [-0.05, 0) is 12.1 Å². The van der Waals surface area contributed by atoms with Crippen molar-refractivity contribution in [1.82, 2.24) is 5.32 Å². The number of hydrogen-bond donors (Lipinski definition) is 2. The van der Waals surface area contributed by atoms with Gasteiger partial charge in [-0.25, -0.2) is 4.39 Å². The van der Waals surface area contributed by atoms with Crippen molar-refractivity contribution in [3.63, 3.8) is 0 Å². The van der Waals surface area contributed by atoms with Gasteiger partial charge in [0.2, 0.25) is 0 Å². The Morgan fingerprint density at radius 3 is 2.53 bits per heavy atom. The predicted octanol–water partition coefficient (Wildman–Crippen LogP) is 2.34. The lowest BCUT2D eigenvalue weighted by Crippen LogP contribution is -2.26. The normalized spacial score (nSPS) is 10.1. The van der Waals surface area contributed by atoms with Crippen LogP contribution in [0.4, 0.5) is 4.39 Å². The molecule has 0 aliphatic rings. The van der Waals surface area contributed by atoms with Crippen molar-refractivity contribution in [1.29, 1.82) is 0 Å². The smallest absolute Gasteiger partial charge is 0.305 e. The average molecular weight is 280 g/mol. The number of carbonyl (C=O) groups excluding carboxylic acids is 1. The molecule has 1 amide bonds. The largest absolute Gasteiger partial charge is 0.481 e. The van der Waals surface area contributed by atoms with Crippen LogP contribution in [0.5, 0.6) is 0 Å². The highest BCUT2D eigenvalue weighted by molar-refractivity contribution is 6.36. The van der Waals surface area contributed by atoms with Crippen LogP contribution >= 0.6 is 23.2 Å². The lowest BCUT2D eigenvalue weighted by molar-refractivity contribution is -0.136. The molecule has 0 aromatic heterocycles. The minimum absolute atomic E-state index is 0.00391. The van der Waals surface area contributed by atoms with E-state index in [-0.39, 0.29) is 28.6 Å². The van der Waals surface area contributed by atoms with Crippen LogP contribution in [-0.4, -0.2) is 23.5 Å². The van der Waals surface area contributed by atoms with Crippen LogP contribution in [0.3, 0.4) is 0 Å². The Labute approximate surface area is 106 Å². The Kier molecular flexibility index (Phi) is 4.72. The number of nitrogens with one attached hydrogen (secondary N) is 1. The quantitative estimate of drug-likeness (QED) is 0.832. The van der Waals surface area contributed by atoms with E-state index in [2.05, 4.69) is 5.32 Å². The number of benzene rings is 1. The minimum Gasteiger partial charge on any atom is -0.481 e. The van der Waals surface area contributed by atoms with Gasteiger partial charge in [-0.3, -0.25) is 9.59 Å². The summed E-state index contributed by atoms with van der Waals surface area (Å²) in [5, 5.41) is 10.5. The lowest BCUT2D eigenvalue weighted by atomic mass is 10.2. The summed E-state index contributed by atoms with van der Waals surface area (Å²) in [4.78, 5) is 21.7. The second-order valence-corrected chi connectivity index (χ2v) is 3.96. The van der Waals surface area contributed by atoms with Gasteiger partial charge in [0.1, 0.15) is 5.82 Å². The van der Waals surface area contributed by atoms with Crippen LogP contribution < -0.4 is 5.32 Å². The fourth-order valence-corrected chi connectivity index (χ4v) is 1.54. The number of hydrogen-bond acceptors (Lipinski definition) is 2. The van der Waals surface area contributed by atoms with E-state index in [9.17, 15) is 14.0 Å². The number of halogens is 3. The topological polar surface area (TPSA) is 66.4 Å². The zero-order valence-corrected chi connectivity index (χ0v) is 9.98. The first-order valence-corrected chi connectivity index (χ1v) is 5.32. The van der Waals surface area contributed by atoms with Gasteiger partial charge in [0.05, 0.1) is 22.0 Å². The lowest BCUT2D eigenvalue weighted by Gasteiger charge is -2.06. The summed E-state index contributed by atoms with van der Waals surface area (Å²) in [7, 11) is 0. The first-order chi connectivity index (χ1) is 7.91. The number of carboxylic acids is 1. The van der Waals surface area contributed by atoms with Crippen molar-refractivity contribution in [2.45, 2.75) is 6.42 Å². The molecular formula is C10H8Cl2FNO3. The van der Waals surface area contributed by atoms with E-state index in [1.165, 1.54) is 0 Å². The molecular weight excluding hydrogens is 272 g/mol. The Morgan fingerprint density at radius 2 is 1.94 bits per heavy atom. The van der Waals surface area contributed by atoms with Gasteiger partial charge < -0.3 is 10.4 Å². The molecule has 7 heteroatoms. The van der Waals surface area contributed by atoms with Gasteiger partial charge in [0, 0.05) is 6.54 Å². The molecule has 0 saturated heterocycles. The van der Waals surface area contributed by atoms with E-state index < -0.39 is 17.7 Å². The minimum atomic E-state index is -1.04. The highest BCUT2D eigenvalue weighted by atomic mass is 35.5. The SMILES string of the molecule is O=C(O)CCNC(=O)c1cc(F)c(Cl)cc1Cl. The van der Waals surface area contributed by atoms with Gasteiger partial charge in [0.25, 0.3) is 5.91 Å². The summed E-state index contributed by atoms with van der Waals surface area (Å²) in [5.74, 6) is -2.45. The Morgan fingerprint density at radius 1 is 1.29 bits per heavy atom. The summed E-state index contributed by atoms with van der Waals surface area (Å²) >= 11 is 11.2. The molecule has 1 rings (SSSR count). The van der Waals surface area contributed by atoms with E-state index in [1.54, 1.807) is 0 Å².